The van der Waals surface area contributed by atoms with Crippen molar-refractivity contribution in [3.8, 4) is 0 Å². The summed E-state index contributed by atoms with van der Waals surface area (Å²) in [4.78, 5) is 0. The van der Waals surface area contributed by atoms with Gasteiger partial charge in [-0.3, -0.25) is 0 Å². The van der Waals surface area contributed by atoms with Crippen LogP contribution in [0.1, 0.15) is 34.1 Å². The number of nitrogens with two attached hydrogens (primary N) is 1. The highest BCUT2D eigenvalue weighted by Gasteiger charge is 2.58. The normalized spacial score (nSPS) is 37.9. The van der Waals surface area contributed by atoms with Gasteiger partial charge in [0.25, 0.3) is 0 Å². The molecule has 0 aromatic carbocycles. The quantitative estimate of drug-likeness (QED) is 0.682. The minimum Gasteiger partial charge on any atom is -0.403 e. The second-order valence-electron chi connectivity index (χ2n) is 5.19. The van der Waals surface area contributed by atoms with Crippen LogP contribution in [0, 0.1) is 0 Å². The molecule has 0 unspecified atom stereocenters. The highest BCUT2D eigenvalue weighted by molar-refractivity contribution is 6.49. The molecule has 14 heavy (non-hydrogen) atoms. The second-order valence-corrected chi connectivity index (χ2v) is 5.19. The van der Waals surface area contributed by atoms with Gasteiger partial charge < -0.3 is 15.0 Å². The molecule has 82 valence electrons. The molecule has 0 spiro atoms. The van der Waals surface area contributed by atoms with Crippen molar-refractivity contribution in [2.45, 2.75) is 57.2 Å². The average molecular weight is 220 g/mol. The van der Waals surface area contributed by atoms with Crippen LogP contribution in [0.2, 0.25) is 5.82 Å². The molecule has 0 radical (unpaired) electrons. The Balaban J connectivity index is 0.000000980. The van der Waals surface area contributed by atoms with Gasteiger partial charge in [-0.2, -0.15) is 0 Å². The summed E-state index contributed by atoms with van der Waals surface area (Å²) in [5.41, 5.74) is 5.35. The molecule has 0 aromatic heterocycles. The zero-order chi connectivity index (χ0) is 9.85. The maximum atomic E-state index is 5.86. The van der Waals surface area contributed by atoms with E-state index < -0.39 is 0 Å². The molecule has 0 aromatic rings. The first-order valence-electron chi connectivity index (χ1n) is 4.95. The molecule has 1 saturated heterocycles. The molecular formula is C9H19BClNO2. The summed E-state index contributed by atoms with van der Waals surface area (Å²) < 4.78 is 11.7. The topological polar surface area (TPSA) is 44.5 Å². The van der Waals surface area contributed by atoms with Crippen molar-refractivity contribution in [3.63, 3.8) is 0 Å². The summed E-state index contributed by atoms with van der Waals surface area (Å²) in [5, 5.41) is 0. The van der Waals surface area contributed by atoms with E-state index in [9.17, 15) is 0 Å². The van der Waals surface area contributed by atoms with Crippen molar-refractivity contribution in [2.24, 2.45) is 5.73 Å². The molecular weight excluding hydrogens is 200 g/mol. The molecule has 1 saturated carbocycles. The standard InChI is InChI=1S/C9H18BNO2.ClH/c1-8(2)9(3,4)13-10(12-8)6-5-7(6)11;/h6-7H,5,11H2,1-4H3;1H/t6-,7-;/m1./s1. The summed E-state index contributed by atoms with van der Waals surface area (Å²) in [6, 6.07) is 0.287. The number of hydrogen-bond acceptors (Lipinski definition) is 3. The first kappa shape index (κ1) is 12.3. The van der Waals surface area contributed by atoms with Gasteiger partial charge in [0.2, 0.25) is 0 Å². The van der Waals surface area contributed by atoms with Crippen LogP contribution < -0.4 is 5.73 Å². The van der Waals surface area contributed by atoms with Crippen molar-refractivity contribution in [3.05, 3.63) is 0 Å². The Morgan fingerprint density at radius 1 is 1.14 bits per heavy atom. The molecule has 0 bridgehead atoms. The molecule has 0 amide bonds. The van der Waals surface area contributed by atoms with E-state index in [1.54, 1.807) is 0 Å². The summed E-state index contributed by atoms with van der Waals surface area (Å²) in [5.74, 6) is 0.418. The molecule has 2 rings (SSSR count). The van der Waals surface area contributed by atoms with Gasteiger partial charge in [0, 0.05) is 11.9 Å². The van der Waals surface area contributed by atoms with Gasteiger partial charge in [0.1, 0.15) is 0 Å². The average Bonchev–Trinajstić information content (AvgIpc) is 2.58. The number of halogens is 1. The number of rotatable bonds is 1. The van der Waals surface area contributed by atoms with E-state index in [4.69, 9.17) is 15.0 Å². The van der Waals surface area contributed by atoms with Crippen LogP contribution in [0.25, 0.3) is 0 Å². The van der Waals surface area contributed by atoms with Crippen molar-refractivity contribution < 1.29 is 9.31 Å². The van der Waals surface area contributed by atoms with E-state index in [1.807, 2.05) is 0 Å². The third-order valence-electron chi connectivity index (χ3n) is 3.51. The fourth-order valence-electron chi connectivity index (χ4n) is 1.61. The van der Waals surface area contributed by atoms with Crippen molar-refractivity contribution in [1.29, 1.82) is 0 Å². The summed E-state index contributed by atoms with van der Waals surface area (Å²) in [7, 11) is -0.0833. The smallest absolute Gasteiger partial charge is 0.403 e. The Morgan fingerprint density at radius 3 is 1.79 bits per heavy atom. The van der Waals surface area contributed by atoms with Crippen LogP contribution >= 0.6 is 12.4 Å². The third-order valence-corrected chi connectivity index (χ3v) is 3.51. The Morgan fingerprint density at radius 2 is 1.50 bits per heavy atom. The summed E-state index contributed by atoms with van der Waals surface area (Å²) in [6.07, 6.45) is 1.04. The molecule has 2 fully saturated rings. The lowest BCUT2D eigenvalue weighted by molar-refractivity contribution is 0.00578. The largest absolute Gasteiger partial charge is 0.462 e. The van der Waals surface area contributed by atoms with Gasteiger partial charge in [-0.15, -0.1) is 12.4 Å². The van der Waals surface area contributed by atoms with Gasteiger partial charge in [0.05, 0.1) is 11.2 Å². The number of hydrogen-bond donors (Lipinski definition) is 1. The molecule has 1 heterocycles. The zero-order valence-electron chi connectivity index (χ0n) is 9.24. The maximum absolute atomic E-state index is 5.86. The third kappa shape index (κ3) is 1.81. The van der Waals surface area contributed by atoms with E-state index >= 15 is 0 Å². The lowest BCUT2D eigenvalue weighted by Gasteiger charge is -2.32. The highest BCUT2D eigenvalue weighted by atomic mass is 35.5. The van der Waals surface area contributed by atoms with Crippen molar-refractivity contribution in [2.75, 3.05) is 0 Å². The van der Waals surface area contributed by atoms with Crippen LogP contribution in [-0.4, -0.2) is 24.4 Å². The maximum Gasteiger partial charge on any atom is 0.462 e. The van der Waals surface area contributed by atoms with Gasteiger partial charge in [-0.25, -0.2) is 0 Å². The van der Waals surface area contributed by atoms with Crippen molar-refractivity contribution >= 4 is 19.5 Å². The minimum absolute atomic E-state index is 0. The van der Waals surface area contributed by atoms with Gasteiger partial charge in [-0.05, 0) is 34.1 Å². The minimum atomic E-state index is -0.208. The molecule has 5 heteroatoms. The van der Waals surface area contributed by atoms with Crippen LogP contribution in [0.5, 0.6) is 0 Å². The van der Waals surface area contributed by atoms with E-state index in [1.165, 1.54) is 0 Å². The Kier molecular flexibility index (Phi) is 2.96. The lowest BCUT2D eigenvalue weighted by Crippen LogP contribution is -2.41. The molecule has 2 N–H and O–H groups in total. The Hall–Kier alpha value is 0.235. The zero-order valence-corrected chi connectivity index (χ0v) is 10.1. The monoisotopic (exact) mass is 219 g/mol. The fourth-order valence-corrected chi connectivity index (χ4v) is 1.61. The first-order valence-corrected chi connectivity index (χ1v) is 4.95. The Bertz CT molecular complexity index is 219. The first-order chi connectivity index (χ1) is 5.83. The SMILES string of the molecule is CC1(C)OB([C@@H]2C[C@H]2N)OC1(C)C.Cl. The van der Waals surface area contributed by atoms with E-state index in [-0.39, 0.29) is 36.8 Å². The lowest BCUT2D eigenvalue weighted by atomic mass is 9.82. The highest BCUT2D eigenvalue weighted by Crippen LogP contribution is 2.47. The van der Waals surface area contributed by atoms with Crippen LogP contribution in [0.3, 0.4) is 0 Å². The van der Waals surface area contributed by atoms with E-state index in [0.717, 1.165) is 6.42 Å². The van der Waals surface area contributed by atoms with E-state index in [2.05, 4.69) is 27.7 Å². The summed E-state index contributed by atoms with van der Waals surface area (Å²) in [6.45, 7) is 8.28. The molecule has 1 aliphatic heterocycles. The predicted octanol–water partition coefficient (Wildman–Crippen LogP) is 1.60. The van der Waals surface area contributed by atoms with Gasteiger partial charge in [-0.1, -0.05) is 0 Å². The van der Waals surface area contributed by atoms with E-state index in [0.29, 0.717) is 5.82 Å². The van der Waals surface area contributed by atoms with Crippen molar-refractivity contribution in [1.82, 2.24) is 0 Å². The Labute approximate surface area is 92.3 Å². The molecule has 3 nitrogen and oxygen atoms in total. The molecule has 2 aliphatic rings. The second kappa shape index (κ2) is 3.37. The van der Waals surface area contributed by atoms with Crippen LogP contribution in [-0.2, 0) is 9.31 Å². The van der Waals surface area contributed by atoms with Crippen LogP contribution in [0.4, 0.5) is 0 Å². The van der Waals surface area contributed by atoms with Gasteiger partial charge in [0.15, 0.2) is 0 Å². The predicted molar refractivity (Wildman–Crippen MR) is 59.7 cm³/mol. The fraction of sp³-hybridized carbons (Fsp3) is 1.00. The van der Waals surface area contributed by atoms with Gasteiger partial charge >= 0.3 is 7.12 Å². The van der Waals surface area contributed by atoms with Crippen LogP contribution in [0.15, 0.2) is 0 Å². The summed E-state index contributed by atoms with van der Waals surface area (Å²) >= 11 is 0. The molecule has 2 atom stereocenters. The molecule has 1 aliphatic carbocycles.